The van der Waals surface area contributed by atoms with Gasteiger partial charge in [0.25, 0.3) is 11.8 Å². The summed E-state index contributed by atoms with van der Waals surface area (Å²) < 4.78 is 14.7. The van der Waals surface area contributed by atoms with Crippen molar-refractivity contribution in [2.75, 3.05) is 0 Å². The van der Waals surface area contributed by atoms with Crippen LogP contribution in [0.15, 0.2) is 72.9 Å². The van der Waals surface area contributed by atoms with Crippen molar-refractivity contribution in [3.8, 4) is 11.3 Å². The highest BCUT2D eigenvalue weighted by atomic mass is 19.1. The lowest BCUT2D eigenvalue weighted by molar-refractivity contribution is 0.0595. The average molecular weight is 397 g/mol. The number of carbonyl (C=O) groups excluding carboxylic acids is 2. The fourth-order valence-corrected chi connectivity index (χ4v) is 3.90. The van der Waals surface area contributed by atoms with E-state index >= 15 is 0 Å². The SMILES string of the molecule is CC(c1cc2ncccc2nc1-c1ccccc1F)N1C(=O)c2ccccc2C1=O. The Morgan fingerprint density at radius 2 is 1.47 bits per heavy atom. The molecule has 2 aromatic heterocycles. The van der Waals surface area contributed by atoms with Gasteiger partial charge in [-0.05, 0) is 49.4 Å². The van der Waals surface area contributed by atoms with Gasteiger partial charge in [0.2, 0.25) is 0 Å². The first kappa shape index (κ1) is 18.1. The van der Waals surface area contributed by atoms with Crippen molar-refractivity contribution >= 4 is 22.8 Å². The molecule has 2 aromatic carbocycles. The van der Waals surface area contributed by atoms with Crippen molar-refractivity contribution in [1.82, 2.24) is 14.9 Å². The van der Waals surface area contributed by atoms with Gasteiger partial charge in [0.05, 0.1) is 33.9 Å². The number of aromatic nitrogens is 2. The molecule has 0 N–H and O–H groups in total. The van der Waals surface area contributed by atoms with Crippen molar-refractivity contribution in [3.05, 3.63) is 95.4 Å². The molecule has 1 aliphatic rings. The first-order valence-electron chi connectivity index (χ1n) is 9.54. The van der Waals surface area contributed by atoms with Crippen LogP contribution in [0.3, 0.4) is 0 Å². The third kappa shape index (κ3) is 2.69. The lowest BCUT2D eigenvalue weighted by Gasteiger charge is -2.25. The average Bonchev–Trinajstić information content (AvgIpc) is 3.03. The summed E-state index contributed by atoms with van der Waals surface area (Å²) in [6.07, 6.45) is 1.64. The van der Waals surface area contributed by atoms with Gasteiger partial charge in [-0.3, -0.25) is 19.5 Å². The molecule has 4 aromatic rings. The quantitative estimate of drug-likeness (QED) is 0.466. The van der Waals surface area contributed by atoms with E-state index in [4.69, 9.17) is 0 Å². The molecule has 0 spiro atoms. The van der Waals surface area contributed by atoms with Gasteiger partial charge in [-0.15, -0.1) is 0 Å². The molecule has 0 aliphatic carbocycles. The van der Waals surface area contributed by atoms with Gasteiger partial charge in [0, 0.05) is 17.3 Å². The van der Waals surface area contributed by atoms with Crippen molar-refractivity contribution in [1.29, 1.82) is 0 Å². The van der Waals surface area contributed by atoms with Gasteiger partial charge in [-0.25, -0.2) is 9.37 Å². The van der Waals surface area contributed by atoms with Crippen LogP contribution in [0.1, 0.15) is 39.2 Å². The number of pyridine rings is 2. The number of rotatable bonds is 3. The van der Waals surface area contributed by atoms with Gasteiger partial charge in [-0.2, -0.15) is 0 Å². The number of nitrogens with zero attached hydrogens (tertiary/aromatic N) is 3. The zero-order chi connectivity index (χ0) is 20.8. The van der Waals surface area contributed by atoms with E-state index in [2.05, 4.69) is 9.97 Å². The third-order valence-electron chi connectivity index (χ3n) is 5.41. The highest BCUT2D eigenvalue weighted by Crippen LogP contribution is 2.37. The molecule has 0 saturated heterocycles. The Morgan fingerprint density at radius 3 is 2.13 bits per heavy atom. The molecule has 0 saturated carbocycles. The van der Waals surface area contributed by atoms with Crippen LogP contribution >= 0.6 is 0 Å². The molecule has 6 heteroatoms. The summed E-state index contributed by atoms with van der Waals surface area (Å²) in [5, 5.41) is 0. The van der Waals surface area contributed by atoms with E-state index in [0.29, 0.717) is 39.0 Å². The highest BCUT2D eigenvalue weighted by Gasteiger charge is 2.39. The summed E-state index contributed by atoms with van der Waals surface area (Å²) in [5.74, 6) is -1.17. The minimum Gasteiger partial charge on any atom is -0.269 e. The first-order valence-corrected chi connectivity index (χ1v) is 9.54. The van der Waals surface area contributed by atoms with Gasteiger partial charge in [0.15, 0.2) is 0 Å². The van der Waals surface area contributed by atoms with Crippen LogP contribution in [0.5, 0.6) is 0 Å². The minimum atomic E-state index is -0.661. The zero-order valence-corrected chi connectivity index (χ0v) is 16.0. The molecule has 0 fully saturated rings. The lowest BCUT2D eigenvalue weighted by Crippen LogP contribution is -2.33. The summed E-state index contributed by atoms with van der Waals surface area (Å²) in [6, 6.07) is 17.7. The van der Waals surface area contributed by atoms with Crippen LogP contribution in [-0.4, -0.2) is 26.7 Å². The molecule has 0 radical (unpaired) electrons. The van der Waals surface area contributed by atoms with Crippen molar-refractivity contribution < 1.29 is 14.0 Å². The molecule has 146 valence electrons. The van der Waals surface area contributed by atoms with Gasteiger partial charge in [-0.1, -0.05) is 24.3 Å². The van der Waals surface area contributed by atoms with Gasteiger partial charge < -0.3 is 0 Å². The maximum absolute atomic E-state index is 14.7. The van der Waals surface area contributed by atoms with E-state index < -0.39 is 11.9 Å². The summed E-state index contributed by atoms with van der Waals surface area (Å²) in [6.45, 7) is 1.75. The Hall–Kier alpha value is -3.93. The smallest absolute Gasteiger partial charge is 0.262 e. The molecule has 3 heterocycles. The van der Waals surface area contributed by atoms with Crippen molar-refractivity contribution in [2.24, 2.45) is 0 Å². The molecular weight excluding hydrogens is 381 g/mol. The van der Waals surface area contributed by atoms with Crippen LogP contribution < -0.4 is 0 Å². The second-order valence-electron chi connectivity index (χ2n) is 7.15. The Labute approximate surface area is 171 Å². The fourth-order valence-electron chi connectivity index (χ4n) is 3.90. The maximum atomic E-state index is 14.7. The monoisotopic (exact) mass is 397 g/mol. The highest BCUT2D eigenvalue weighted by molar-refractivity contribution is 6.21. The van der Waals surface area contributed by atoms with Gasteiger partial charge >= 0.3 is 0 Å². The summed E-state index contributed by atoms with van der Waals surface area (Å²) in [7, 11) is 0. The van der Waals surface area contributed by atoms with Crippen LogP contribution in [0, 0.1) is 5.82 Å². The molecule has 2 amide bonds. The number of imide groups is 1. The second-order valence-corrected chi connectivity index (χ2v) is 7.15. The third-order valence-corrected chi connectivity index (χ3v) is 5.41. The summed E-state index contributed by atoms with van der Waals surface area (Å²) in [4.78, 5) is 36.2. The minimum absolute atomic E-state index is 0.307. The Kier molecular flexibility index (Phi) is 4.13. The van der Waals surface area contributed by atoms with Crippen LogP contribution in [-0.2, 0) is 0 Å². The maximum Gasteiger partial charge on any atom is 0.262 e. The zero-order valence-electron chi connectivity index (χ0n) is 16.0. The number of fused-ring (bicyclic) bond motifs is 2. The molecule has 1 unspecified atom stereocenters. The normalized spacial score (nSPS) is 14.3. The van der Waals surface area contributed by atoms with Gasteiger partial charge in [0.1, 0.15) is 5.82 Å². The largest absolute Gasteiger partial charge is 0.269 e. The predicted molar refractivity (Wildman–Crippen MR) is 110 cm³/mol. The Balaban J connectivity index is 1.71. The molecule has 1 aliphatic heterocycles. The topological polar surface area (TPSA) is 63.2 Å². The molecule has 0 bridgehead atoms. The Bertz CT molecular complexity index is 1300. The number of benzene rings is 2. The molecule has 1 atom stereocenters. The van der Waals surface area contributed by atoms with E-state index in [9.17, 15) is 14.0 Å². The number of amides is 2. The van der Waals surface area contributed by atoms with E-state index in [0.717, 1.165) is 0 Å². The van der Waals surface area contributed by atoms with Crippen LogP contribution in [0.2, 0.25) is 0 Å². The van der Waals surface area contributed by atoms with E-state index in [1.165, 1.54) is 11.0 Å². The lowest BCUT2D eigenvalue weighted by atomic mass is 9.98. The molecular formula is C24H16FN3O2. The summed E-state index contributed by atoms with van der Waals surface area (Å²) >= 11 is 0. The molecule has 5 rings (SSSR count). The Morgan fingerprint density at radius 1 is 0.833 bits per heavy atom. The fraction of sp³-hybridized carbons (Fsp3) is 0.0833. The number of carbonyl (C=O) groups is 2. The number of hydrogen-bond acceptors (Lipinski definition) is 4. The standard InChI is InChI=1S/C24H16FN3O2/c1-14(28-23(29)15-7-2-3-8-16(15)24(28)30)18-13-21-20(11-6-12-26-21)27-22(18)17-9-4-5-10-19(17)25/h2-14H,1H3. The predicted octanol–water partition coefficient (Wildman–Crippen LogP) is 4.79. The number of halogens is 1. The van der Waals surface area contributed by atoms with Crippen molar-refractivity contribution in [2.45, 2.75) is 13.0 Å². The van der Waals surface area contributed by atoms with Crippen LogP contribution in [0.4, 0.5) is 4.39 Å². The van der Waals surface area contributed by atoms with E-state index in [1.807, 2.05) is 0 Å². The van der Waals surface area contributed by atoms with E-state index in [1.54, 1.807) is 73.8 Å². The van der Waals surface area contributed by atoms with Crippen molar-refractivity contribution in [3.63, 3.8) is 0 Å². The second kappa shape index (κ2) is 6.84. The van der Waals surface area contributed by atoms with Crippen LogP contribution in [0.25, 0.3) is 22.3 Å². The molecule has 5 nitrogen and oxygen atoms in total. The number of hydrogen-bond donors (Lipinski definition) is 0. The molecule has 30 heavy (non-hydrogen) atoms. The summed E-state index contributed by atoms with van der Waals surface area (Å²) in [5.41, 5.74) is 3.20. The van der Waals surface area contributed by atoms with E-state index in [-0.39, 0.29) is 11.8 Å². The first-order chi connectivity index (χ1) is 14.6.